The molecule has 0 bridgehead atoms. The van der Waals surface area contributed by atoms with Gasteiger partial charge in [-0.1, -0.05) is 6.92 Å². The van der Waals surface area contributed by atoms with Crippen LogP contribution in [0.2, 0.25) is 0 Å². The first-order chi connectivity index (χ1) is 6.36. The summed E-state index contributed by atoms with van der Waals surface area (Å²) in [6.07, 6.45) is 1.52. The summed E-state index contributed by atoms with van der Waals surface area (Å²) in [5.74, 6) is 0. The summed E-state index contributed by atoms with van der Waals surface area (Å²) in [6.45, 7) is 9.93. The molecule has 0 aromatic carbocycles. The van der Waals surface area contributed by atoms with Crippen molar-refractivity contribution in [3.05, 3.63) is 0 Å². The molecule has 1 aliphatic heterocycles. The summed E-state index contributed by atoms with van der Waals surface area (Å²) in [6, 6.07) is 0. The maximum absolute atomic E-state index is 5.59. The summed E-state index contributed by atoms with van der Waals surface area (Å²) >= 11 is 0. The molecule has 1 atom stereocenters. The number of ether oxygens (including phenoxy) is 2. The summed E-state index contributed by atoms with van der Waals surface area (Å²) < 4.78 is 10.9. The highest BCUT2D eigenvalue weighted by Crippen LogP contribution is 2.05. The Morgan fingerprint density at radius 2 is 2.31 bits per heavy atom. The molecule has 0 aromatic rings. The molecular formula is C10H21NO2. The highest BCUT2D eigenvalue weighted by atomic mass is 16.5. The van der Waals surface area contributed by atoms with Crippen LogP contribution in [-0.2, 0) is 9.47 Å². The van der Waals surface area contributed by atoms with Gasteiger partial charge in [0, 0.05) is 19.7 Å². The van der Waals surface area contributed by atoms with Gasteiger partial charge in [0.15, 0.2) is 0 Å². The Morgan fingerprint density at radius 3 is 3.00 bits per heavy atom. The summed E-state index contributed by atoms with van der Waals surface area (Å²) in [5, 5.41) is 0. The van der Waals surface area contributed by atoms with Crippen molar-refractivity contribution < 1.29 is 9.47 Å². The highest BCUT2D eigenvalue weighted by molar-refractivity contribution is 4.70. The van der Waals surface area contributed by atoms with Crippen LogP contribution in [-0.4, -0.2) is 50.5 Å². The maximum atomic E-state index is 5.59. The van der Waals surface area contributed by atoms with Crippen molar-refractivity contribution in [1.82, 2.24) is 4.90 Å². The quantitative estimate of drug-likeness (QED) is 0.644. The Balaban J connectivity index is 2.16. The lowest BCUT2D eigenvalue weighted by Gasteiger charge is -2.32. The van der Waals surface area contributed by atoms with E-state index in [0.717, 1.165) is 32.9 Å². The Kier molecular flexibility index (Phi) is 5.35. The van der Waals surface area contributed by atoms with E-state index < -0.39 is 0 Å². The van der Waals surface area contributed by atoms with Gasteiger partial charge >= 0.3 is 0 Å². The van der Waals surface area contributed by atoms with E-state index in [1.54, 1.807) is 0 Å². The van der Waals surface area contributed by atoms with Gasteiger partial charge in [-0.05, 0) is 19.9 Å². The van der Waals surface area contributed by atoms with Gasteiger partial charge in [-0.2, -0.15) is 0 Å². The molecule has 0 aromatic heterocycles. The number of hydrogen-bond donors (Lipinski definition) is 0. The van der Waals surface area contributed by atoms with Crippen LogP contribution in [0.15, 0.2) is 0 Å². The van der Waals surface area contributed by atoms with Gasteiger partial charge in [0.1, 0.15) is 0 Å². The molecular weight excluding hydrogens is 166 g/mol. The first-order valence-electron chi connectivity index (χ1n) is 5.28. The second-order valence-electron chi connectivity index (χ2n) is 3.45. The average molecular weight is 187 g/mol. The fourth-order valence-electron chi connectivity index (χ4n) is 1.65. The highest BCUT2D eigenvalue weighted by Gasteiger charge is 2.19. The lowest BCUT2D eigenvalue weighted by molar-refractivity contribution is -0.0672. The monoisotopic (exact) mass is 187 g/mol. The average Bonchev–Trinajstić information content (AvgIpc) is 2.16. The van der Waals surface area contributed by atoms with E-state index in [4.69, 9.17) is 9.47 Å². The third-order valence-electron chi connectivity index (χ3n) is 2.27. The van der Waals surface area contributed by atoms with Crippen molar-refractivity contribution >= 4 is 0 Å². The van der Waals surface area contributed by atoms with Gasteiger partial charge in [0.2, 0.25) is 0 Å². The van der Waals surface area contributed by atoms with Gasteiger partial charge in [-0.25, -0.2) is 0 Å². The number of rotatable bonds is 5. The number of hydrogen-bond acceptors (Lipinski definition) is 3. The first kappa shape index (κ1) is 11.0. The van der Waals surface area contributed by atoms with Crippen LogP contribution in [0.25, 0.3) is 0 Å². The van der Waals surface area contributed by atoms with E-state index in [2.05, 4.69) is 11.8 Å². The first-order valence-corrected chi connectivity index (χ1v) is 5.28. The van der Waals surface area contributed by atoms with Crippen LogP contribution in [0.4, 0.5) is 0 Å². The third-order valence-corrected chi connectivity index (χ3v) is 2.27. The lowest BCUT2D eigenvalue weighted by atomic mass is 10.2. The molecule has 0 radical (unpaired) electrons. The van der Waals surface area contributed by atoms with Gasteiger partial charge in [0.25, 0.3) is 0 Å². The van der Waals surface area contributed by atoms with Crippen molar-refractivity contribution in [3.63, 3.8) is 0 Å². The van der Waals surface area contributed by atoms with E-state index in [9.17, 15) is 0 Å². The second-order valence-corrected chi connectivity index (χ2v) is 3.45. The fraction of sp³-hybridized carbons (Fsp3) is 1.00. The normalized spacial score (nSPS) is 24.9. The smallest absolute Gasteiger partial charge is 0.0935 e. The van der Waals surface area contributed by atoms with Crippen molar-refractivity contribution in [2.45, 2.75) is 26.4 Å². The SMILES string of the molecule is CCCN1CCOC(COCC)C1. The standard InChI is InChI=1S/C10H21NO2/c1-3-5-11-6-7-13-10(8-11)9-12-4-2/h10H,3-9H2,1-2H3. The van der Waals surface area contributed by atoms with E-state index in [-0.39, 0.29) is 0 Å². The largest absolute Gasteiger partial charge is 0.379 e. The summed E-state index contributed by atoms with van der Waals surface area (Å²) in [5.41, 5.74) is 0. The molecule has 0 aliphatic carbocycles. The zero-order valence-electron chi connectivity index (χ0n) is 8.79. The molecule has 1 unspecified atom stereocenters. The molecule has 78 valence electrons. The molecule has 1 aliphatic rings. The Hall–Kier alpha value is -0.120. The van der Waals surface area contributed by atoms with E-state index in [0.29, 0.717) is 6.10 Å². The van der Waals surface area contributed by atoms with E-state index in [1.165, 1.54) is 13.0 Å². The van der Waals surface area contributed by atoms with Gasteiger partial charge in [0.05, 0.1) is 19.3 Å². The van der Waals surface area contributed by atoms with Gasteiger partial charge < -0.3 is 9.47 Å². The number of morpholine rings is 1. The minimum Gasteiger partial charge on any atom is -0.379 e. The Labute approximate surface area is 81.0 Å². The predicted octanol–water partition coefficient (Wildman–Crippen LogP) is 1.13. The molecule has 0 saturated carbocycles. The van der Waals surface area contributed by atoms with Gasteiger partial charge in [-0.15, -0.1) is 0 Å². The minimum absolute atomic E-state index is 0.292. The summed E-state index contributed by atoms with van der Waals surface area (Å²) in [4.78, 5) is 2.45. The summed E-state index contributed by atoms with van der Waals surface area (Å²) in [7, 11) is 0. The second kappa shape index (κ2) is 6.35. The third kappa shape index (κ3) is 4.07. The van der Waals surface area contributed by atoms with Crippen LogP contribution in [0.3, 0.4) is 0 Å². The van der Waals surface area contributed by atoms with E-state index >= 15 is 0 Å². The van der Waals surface area contributed by atoms with Crippen LogP contribution >= 0.6 is 0 Å². The molecule has 0 spiro atoms. The van der Waals surface area contributed by atoms with Crippen molar-refractivity contribution in [2.75, 3.05) is 39.5 Å². The number of nitrogens with zero attached hydrogens (tertiary/aromatic N) is 1. The lowest BCUT2D eigenvalue weighted by Crippen LogP contribution is -2.44. The van der Waals surface area contributed by atoms with Crippen molar-refractivity contribution in [3.8, 4) is 0 Å². The molecule has 1 rings (SSSR count). The predicted molar refractivity (Wildman–Crippen MR) is 53.0 cm³/mol. The van der Waals surface area contributed by atoms with Crippen molar-refractivity contribution in [1.29, 1.82) is 0 Å². The van der Waals surface area contributed by atoms with Gasteiger partial charge in [-0.3, -0.25) is 4.90 Å². The topological polar surface area (TPSA) is 21.7 Å². The van der Waals surface area contributed by atoms with Crippen LogP contribution in [0, 0.1) is 0 Å². The molecule has 0 N–H and O–H groups in total. The molecule has 1 fully saturated rings. The Bertz CT molecular complexity index is 128. The van der Waals surface area contributed by atoms with Crippen LogP contribution in [0.1, 0.15) is 20.3 Å². The Morgan fingerprint density at radius 1 is 1.46 bits per heavy atom. The van der Waals surface area contributed by atoms with E-state index in [1.807, 2.05) is 6.92 Å². The molecule has 3 nitrogen and oxygen atoms in total. The maximum Gasteiger partial charge on any atom is 0.0935 e. The van der Waals surface area contributed by atoms with Crippen molar-refractivity contribution in [2.24, 2.45) is 0 Å². The molecule has 3 heteroatoms. The zero-order chi connectivity index (χ0) is 9.52. The molecule has 1 saturated heterocycles. The molecule has 1 heterocycles. The van der Waals surface area contributed by atoms with Crippen LogP contribution in [0.5, 0.6) is 0 Å². The zero-order valence-corrected chi connectivity index (χ0v) is 8.79. The van der Waals surface area contributed by atoms with Crippen LogP contribution < -0.4 is 0 Å². The molecule has 13 heavy (non-hydrogen) atoms. The minimum atomic E-state index is 0.292. The fourth-order valence-corrected chi connectivity index (χ4v) is 1.65. The molecule has 0 amide bonds.